The molecule has 1 aromatic rings. The lowest BCUT2D eigenvalue weighted by atomic mass is 10.1. The number of rotatable bonds is 3. The van der Waals surface area contributed by atoms with Crippen LogP contribution in [0.3, 0.4) is 0 Å². The van der Waals surface area contributed by atoms with Crippen molar-refractivity contribution in [1.29, 1.82) is 0 Å². The third-order valence-electron chi connectivity index (χ3n) is 3.02. The zero-order valence-corrected chi connectivity index (χ0v) is 11.6. The van der Waals surface area contributed by atoms with Gasteiger partial charge in [0.05, 0.1) is 0 Å². The lowest BCUT2D eigenvalue weighted by Gasteiger charge is -2.20. The molecule has 0 saturated carbocycles. The van der Waals surface area contributed by atoms with Crippen LogP contribution in [0.4, 0.5) is 0 Å². The smallest absolute Gasteiger partial charge is 0.323 e. The van der Waals surface area contributed by atoms with E-state index < -0.39 is 0 Å². The zero-order chi connectivity index (χ0) is 12.4. The van der Waals surface area contributed by atoms with E-state index >= 15 is 0 Å². The zero-order valence-electron chi connectivity index (χ0n) is 10.0. The molecule has 1 aromatic carbocycles. The maximum Gasteiger partial charge on any atom is 0.323 e. The Morgan fingerprint density at radius 1 is 1.41 bits per heavy atom. The van der Waals surface area contributed by atoms with Gasteiger partial charge in [-0.05, 0) is 31.7 Å². The fourth-order valence-corrected chi connectivity index (χ4v) is 2.35. The molecule has 0 aromatic heterocycles. The van der Waals surface area contributed by atoms with E-state index in [0.29, 0.717) is 0 Å². The fourth-order valence-electron chi connectivity index (χ4n) is 2.08. The van der Waals surface area contributed by atoms with E-state index in [4.69, 9.17) is 4.74 Å². The summed E-state index contributed by atoms with van der Waals surface area (Å²) in [7, 11) is 1.96. The summed E-state index contributed by atoms with van der Waals surface area (Å²) in [5.41, 5.74) is 1.20. The first-order chi connectivity index (χ1) is 8.06. The molecule has 1 saturated heterocycles. The number of carbonyl (C=O) groups excluding carboxylic acids is 1. The molecule has 0 spiro atoms. The highest BCUT2D eigenvalue weighted by Crippen LogP contribution is 2.20. The molecule has 0 bridgehead atoms. The average molecular weight is 298 g/mol. The molecule has 1 heterocycles. The minimum Gasteiger partial charge on any atom is -0.461 e. The molecule has 3 nitrogen and oxygen atoms in total. The van der Waals surface area contributed by atoms with E-state index in [9.17, 15) is 4.79 Å². The molecule has 92 valence electrons. The molecular formula is C13H16BrNO2. The number of hydrogen-bond donors (Lipinski definition) is 0. The van der Waals surface area contributed by atoms with Gasteiger partial charge < -0.3 is 4.74 Å². The molecule has 0 amide bonds. The van der Waals surface area contributed by atoms with E-state index in [1.807, 2.05) is 26.1 Å². The van der Waals surface area contributed by atoms with Crippen molar-refractivity contribution in [1.82, 2.24) is 4.90 Å². The first-order valence-electron chi connectivity index (χ1n) is 5.71. The van der Waals surface area contributed by atoms with Gasteiger partial charge in [-0.3, -0.25) is 9.69 Å². The summed E-state index contributed by atoms with van der Waals surface area (Å²) in [6.45, 7) is 2.70. The second kappa shape index (κ2) is 5.19. The monoisotopic (exact) mass is 297 g/mol. The lowest BCUT2D eigenvalue weighted by Crippen LogP contribution is -2.34. The number of esters is 1. The van der Waals surface area contributed by atoms with E-state index in [0.717, 1.165) is 17.4 Å². The summed E-state index contributed by atoms with van der Waals surface area (Å²) < 4.78 is 6.23. The summed E-state index contributed by atoms with van der Waals surface area (Å²) >= 11 is 3.41. The van der Waals surface area contributed by atoms with Crippen molar-refractivity contribution in [3.63, 3.8) is 0 Å². The summed E-state index contributed by atoms with van der Waals surface area (Å²) in [5.74, 6) is -0.0999. The standard InChI is InChI=1S/C13H16BrNO2/c1-9-7-12(13(16)17-9)15(2)8-10-3-5-11(14)6-4-10/h3-6,9,12H,7-8H2,1-2H3/t9-,12+/m0/s1. The van der Waals surface area contributed by atoms with Gasteiger partial charge in [-0.15, -0.1) is 0 Å². The Balaban J connectivity index is 1.99. The molecule has 17 heavy (non-hydrogen) atoms. The highest BCUT2D eigenvalue weighted by molar-refractivity contribution is 9.10. The van der Waals surface area contributed by atoms with Crippen molar-refractivity contribution >= 4 is 21.9 Å². The number of cyclic esters (lactones) is 1. The molecule has 1 fully saturated rings. The maximum absolute atomic E-state index is 11.6. The Morgan fingerprint density at radius 2 is 2.06 bits per heavy atom. The van der Waals surface area contributed by atoms with Crippen LogP contribution in [0.2, 0.25) is 0 Å². The van der Waals surface area contributed by atoms with Crippen LogP contribution in [0.15, 0.2) is 28.7 Å². The van der Waals surface area contributed by atoms with Crippen LogP contribution in [-0.4, -0.2) is 30.1 Å². The molecule has 0 aliphatic carbocycles. The van der Waals surface area contributed by atoms with E-state index in [-0.39, 0.29) is 18.1 Å². The lowest BCUT2D eigenvalue weighted by molar-refractivity contribution is -0.144. The van der Waals surface area contributed by atoms with Crippen LogP contribution < -0.4 is 0 Å². The number of ether oxygens (including phenoxy) is 1. The van der Waals surface area contributed by atoms with Gasteiger partial charge in [0.2, 0.25) is 0 Å². The minimum absolute atomic E-state index is 0.0415. The van der Waals surface area contributed by atoms with Crippen molar-refractivity contribution in [2.75, 3.05) is 7.05 Å². The Kier molecular flexibility index (Phi) is 3.84. The third-order valence-corrected chi connectivity index (χ3v) is 3.55. The Hall–Kier alpha value is -0.870. The van der Waals surface area contributed by atoms with E-state index in [1.165, 1.54) is 5.56 Å². The molecule has 0 N–H and O–H groups in total. The van der Waals surface area contributed by atoms with Gasteiger partial charge in [0.1, 0.15) is 12.1 Å². The number of halogens is 1. The molecule has 0 radical (unpaired) electrons. The van der Waals surface area contributed by atoms with Gasteiger partial charge in [-0.1, -0.05) is 28.1 Å². The summed E-state index contributed by atoms with van der Waals surface area (Å²) in [4.78, 5) is 13.6. The number of nitrogens with zero attached hydrogens (tertiary/aromatic N) is 1. The van der Waals surface area contributed by atoms with Gasteiger partial charge >= 0.3 is 5.97 Å². The third kappa shape index (κ3) is 3.07. The minimum atomic E-state index is -0.103. The van der Waals surface area contributed by atoms with Crippen LogP contribution in [0.25, 0.3) is 0 Å². The second-order valence-electron chi connectivity index (χ2n) is 4.54. The molecule has 0 unspecified atom stereocenters. The molecular weight excluding hydrogens is 282 g/mol. The first kappa shape index (κ1) is 12.6. The predicted molar refractivity (Wildman–Crippen MR) is 69.6 cm³/mol. The van der Waals surface area contributed by atoms with Crippen molar-refractivity contribution in [2.45, 2.75) is 32.0 Å². The van der Waals surface area contributed by atoms with Crippen LogP contribution in [-0.2, 0) is 16.1 Å². The Morgan fingerprint density at radius 3 is 2.59 bits per heavy atom. The molecule has 2 atom stereocenters. The van der Waals surface area contributed by atoms with Crippen molar-refractivity contribution in [2.24, 2.45) is 0 Å². The van der Waals surface area contributed by atoms with Gasteiger partial charge in [0, 0.05) is 17.4 Å². The van der Waals surface area contributed by atoms with Crippen molar-refractivity contribution in [3.8, 4) is 0 Å². The molecule has 4 heteroatoms. The SMILES string of the molecule is C[C@H]1C[C@@H](N(C)Cc2ccc(Br)cc2)C(=O)O1. The van der Waals surface area contributed by atoms with Crippen LogP contribution in [0.1, 0.15) is 18.9 Å². The van der Waals surface area contributed by atoms with Crippen LogP contribution >= 0.6 is 15.9 Å². The number of carbonyl (C=O) groups is 1. The van der Waals surface area contributed by atoms with Gasteiger partial charge in [0.15, 0.2) is 0 Å². The predicted octanol–water partition coefficient (Wildman–Crippen LogP) is 2.58. The summed E-state index contributed by atoms with van der Waals surface area (Å²) in [6, 6.07) is 8.04. The Labute approximate surface area is 110 Å². The van der Waals surface area contributed by atoms with Gasteiger partial charge in [-0.25, -0.2) is 0 Å². The fraction of sp³-hybridized carbons (Fsp3) is 0.462. The Bertz CT molecular complexity index is 404. The quantitative estimate of drug-likeness (QED) is 0.803. The summed E-state index contributed by atoms with van der Waals surface area (Å²) in [6.07, 6.45) is 0.825. The maximum atomic E-state index is 11.6. The number of likely N-dealkylation sites (N-methyl/N-ethyl adjacent to an activating group) is 1. The highest BCUT2D eigenvalue weighted by atomic mass is 79.9. The second-order valence-corrected chi connectivity index (χ2v) is 5.46. The largest absolute Gasteiger partial charge is 0.461 e. The molecule has 1 aliphatic heterocycles. The van der Waals surface area contributed by atoms with E-state index in [1.54, 1.807) is 0 Å². The normalized spacial score (nSPS) is 24.1. The summed E-state index contributed by atoms with van der Waals surface area (Å²) in [5, 5.41) is 0. The van der Waals surface area contributed by atoms with Crippen LogP contribution in [0, 0.1) is 0 Å². The number of benzene rings is 1. The van der Waals surface area contributed by atoms with Crippen molar-refractivity contribution < 1.29 is 9.53 Å². The topological polar surface area (TPSA) is 29.5 Å². The highest BCUT2D eigenvalue weighted by Gasteiger charge is 2.34. The van der Waals surface area contributed by atoms with E-state index in [2.05, 4.69) is 33.0 Å². The molecule has 2 rings (SSSR count). The van der Waals surface area contributed by atoms with Crippen LogP contribution in [0.5, 0.6) is 0 Å². The van der Waals surface area contributed by atoms with Crippen molar-refractivity contribution in [3.05, 3.63) is 34.3 Å². The molecule has 1 aliphatic rings. The average Bonchev–Trinajstić information content (AvgIpc) is 2.61. The van der Waals surface area contributed by atoms with Gasteiger partial charge in [-0.2, -0.15) is 0 Å². The first-order valence-corrected chi connectivity index (χ1v) is 6.51. The number of hydrogen-bond acceptors (Lipinski definition) is 3. The van der Waals surface area contributed by atoms with Gasteiger partial charge in [0.25, 0.3) is 0 Å².